The van der Waals surface area contributed by atoms with Crippen molar-refractivity contribution in [1.29, 1.82) is 0 Å². The van der Waals surface area contributed by atoms with Crippen LogP contribution in [0.3, 0.4) is 0 Å². The fourth-order valence-corrected chi connectivity index (χ4v) is 11.9. The van der Waals surface area contributed by atoms with Gasteiger partial charge in [-0.1, -0.05) is 140 Å². The zero-order valence-electron chi connectivity index (χ0n) is 31.7. The minimum absolute atomic E-state index is 0.145. The van der Waals surface area contributed by atoms with E-state index in [9.17, 15) is 0 Å². The van der Waals surface area contributed by atoms with E-state index < -0.39 is 0 Å². The van der Waals surface area contributed by atoms with Gasteiger partial charge in [-0.25, -0.2) is 15.0 Å². The molecule has 1 saturated carbocycles. The Hall–Kier alpha value is -5.15. The van der Waals surface area contributed by atoms with Crippen LogP contribution in [-0.4, -0.2) is 15.0 Å². The molecule has 1 fully saturated rings. The van der Waals surface area contributed by atoms with E-state index in [0.29, 0.717) is 17.8 Å². The summed E-state index contributed by atoms with van der Waals surface area (Å²) in [6.07, 6.45) is 53.8. The lowest BCUT2D eigenvalue weighted by atomic mass is 9.59. The van der Waals surface area contributed by atoms with Crippen molar-refractivity contribution in [1.82, 2.24) is 15.0 Å². The smallest absolute Gasteiger partial charge is 0.163 e. The van der Waals surface area contributed by atoms with Crippen molar-refractivity contribution in [2.24, 2.45) is 29.6 Å². The van der Waals surface area contributed by atoms with Crippen LogP contribution in [0.25, 0.3) is 11.1 Å². The molecule has 1 aromatic heterocycles. The second-order valence-electron chi connectivity index (χ2n) is 17.0. The van der Waals surface area contributed by atoms with Gasteiger partial charge in [-0.05, 0) is 138 Å². The van der Waals surface area contributed by atoms with Crippen LogP contribution in [0.15, 0.2) is 173 Å². The van der Waals surface area contributed by atoms with Crippen molar-refractivity contribution in [3.8, 4) is 0 Å². The van der Waals surface area contributed by atoms with Gasteiger partial charge in [0.2, 0.25) is 0 Å². The summed E-state index contributed by atoms with van der Waals surface area (Å²) in [6, 6.07) is 11.4. The summed E-state index contributed by atoms with van der Waals surface area (Å²) in [5.41, 5.74) is 13.2. The molecule has 0 spiro atoms. The number of nitrogens with zero attached hydrogens (tertiary/aromatic N) is 3. The average Bonchev–Trinajstić information content (AvgIpc) is 3.57. The van der Waals surface area contributed by atoms with Crippen molar-refractivity contribution in [2.75, 3.05) is 0 Å². The number of aromatic nitrogens is 3. The minimum atomic E-state index is -0.188. The summed E-state index contributed by atoms with van der Waals surface area (Å²) < 4.78 is 0. The maximum absolute atomic E-state index is 5.43. The first-order chi connectivity index (χ1) is 27.3. The van der Waals surface area contributed by atoms with Gasteiger partial charge in [0.05, 0.1) is 0 Å². The van der Waals surface area contributed by atoms with Crippen LogP contribution >= 0.6 is 0 Å². The molecule has 0 bridgehead atoms. The van der Waals surface area contributed by atoms with E-state index in [1.54, 1.807) is 22.3 Å². The van der Waals surface area contributed by atoms with Gasteiger partial charge in [0.1, 0.15) is 5.82 Å². The topological polar surface area (TPSA) is 38.7 Å². The van der Waals surface area contributed by atoms with Crippen LogP contribution in [0.4, 0.5) is 0 Å². The second kappa shape index (κ2) is 13.6. The number of benzene rings is 1. The first-order valence-corrected chi connectivity index (χ1v) is 21.1. The van der Waals surface area contributed by atoms with Crippen LogP contribution in [-0.2, 0) is 5.41 Å². The van der Waals surface area contributed by atoms with Gasteiger partial charge in [-0.15, -0.1) is 0 Å². The summed E-state index contributed by atoms with van der Waals surface area (Å²) in [5, 5.41) is 0. The zero-order valence-corrected chi connectivity index (χ0v) is 31.7. The molecule has 0 saturated heterocycles. The molecule has 272 valence electrons. The van der Waals surface area contributed by atoms with Crippen molar-refractivity contribution < 1.29 is 0 Å². The molecule has 0 radical (unpaired) electrons. The van der Waals surface area contributed by atoms with E-state index >= 15 is 0 Å². The van der Waals surface area contributed by atoms with Gasteiger partial charge in [-0.3, -0.25) is 0 Å². The number of hydrogen-bond donors (Lipinski definition) is 0. The predicted molar refractivity (Wildman–Crippen MR) is 224 cm³/mol. The quantitative estimate of drug-likeness (QED) is 0.309. The molecule has 0 aliphatic heterocycles. The third-order valence-electron chi connectivity index (χ3n) is 14.3. The highest BCUT2D eigenvalue weighted by Gasteiger charge is 2.60. The standard InChI is InChI=1S/C52H49N3/c1-4-15-35(16-5-1)49-53-50(37-26-28-42-36(32-37)25-30-43-41-21-11-10-14-34(41)24-29-44(42)43)55-51(54-49)38-27-31-46-45-22-12-13-23-47(45)52(48(46)33-38,39-17-6-2-7-18-39)40-19-8-3-9-20-40/h1-2,4-8,10-13,15,17-23,27,31-35,45-48H,3,9,14,16,24-26,28-30H2. The highest BCUT2D eigenvalue weighted by molar-refractivity contribution is 5.75. The van der Waals surface area contributed by atoms with Gasteiger partial charge in [-0.2, -0.15) is 0 Å². The van der Waals surface area contributed by atoms with Crippen LogP contribution in [0.2, 0.25) is 0 Å². The molecular weight excluding hydrogens is 667 g/mol. The summed E-state index contributed by atoms with van der Waals surface area (Å²) in [6.45, 7) is 0. The molecule has 7 unspecified atom stereocenters. The van der Waals surface area contributed by atoms with Crippen LogP contribution in [0, 0.1) is 29.6 Å². The molecule has 1 heterocycles. The Morgan fingerprint density at radius 3 is 2.38 bits per heavy atom. The van der Waals surface area contributed by atoms with Crippen molar-refractivity contribution >= 4 is 11.1 Å². The first-order valence-electron chi connectivity index (χ1n) is 21.1. The summed E-state index contributed by atoms with van der Waals surface area (Å²) in [5.74, 6) is 4.85. The fourth-order valence-electron chi connectivity index (χ4n) is 11.9. The fraction of sp³-hybridized carbons (Fsp3) is 0.327. The number of fused-ring (bicyclic) bond motifs is 6. The summed E-state index contributed by atoms with van der Waals surface area (Å²) in [4.78, 5) is 16.1. The van der Waals surface area contributed by atoms with E-state index in [2.05, 4.69) is 140 Å². The molecule has 3 heteroatoms. The second-order valence-corrected chi connectivity index (χ2v) is 17.0. The molecule has 0 N–H and O–H groups in total. The van der Waals surface area contributed by atoms with Gasteiger partial charge in [0.25, 0.3) is 0 Å². The van der Waals surface area contributed by atoms with Gasteiger partial charge in [0, 0.05) is 16.9 Å². The number of rotatable bonds is 5. The average molecular weight is 716 g/mol. The monoisotopic (exact) mass is 715 g/mol. The molecule has 7 atom stereocenters. The van der Waals surface area contributed by atoms with Crippen molar-refractivity contribution in [3.05, 3.63) is 196 Å². The lowest BCUT2D eigenvalue weighted by Gasteiger charge is -2.43. The van der Waals surface area contributed by atoms with Crippen molar-refractivity contribution in [2.45, 2.75) is 75.5 Å². The molecule has 9 aliphatic carbocycles. The van der Waals surface area contributed by atoms with Crippen LogP contribution in [0.1, 0.15) is 93.2 Å². The highest BCUT2D eigenvalue weighted by Crippen LogP contribution is 2.64. The zero-order chi connectivity index (χ0) is 36.3. The molecule has 55 heavy (non-hydrogen) atoms. The normalized spacial score (nSPS) is 32.6. The Balaban J connectivity index is 1.03. The maximum atomic E-state index is 5.43. The van der Waals surface area contributed by atoms with Crippen LogP contribution in [0.5, 0.6) is 0 Å². The van der Waals surface area contributed by atoms with E-state index in [4.69, 9.17) is 15.0 Å². The molecule has 3 nitrogen and oxygen atoms in total. The Morgan fingerprint density at radius 2 is 1.49 bits per heavy atom. The maximum Gasteiger partial charge on any atom is 0.163 e. The largest absolute Gasteiger partial charge is 0.213 e. The van der Waals surface area contributed by atoms with Crippen LogP contribution < -0.4 is 0 Å². The van der Waals surface area contributed by atoms with Gasteiger partial charge < -0.3 is 0 Å². The third kappa shape index (κ3) is 5.40. The Bertz CT molecular complexity index is 2360. The lowest BCUT2D eigenvalue weighted by Crippen LogP contribution is -2.39. The Morgan fingerprint density at radius 1 is 0.636 bits per heavy atom. The number of allylic oxidation sites excluding steroid dienone is 26. The van der Waals surface area contributed by atoms with E-state index in [0.717, 1.165) is 73.9 Å². The molecular formula is C52H49N3. The number of hydrogen-bond acceptors (Lipinski definition) is 3. The molecule has 0 amide bonds. The predicted octanol–water partition coefficient (Wildman–Crippen LogP) is 12.1. The minimum Gasteiger partial charge on any atom is -0.213 e. The van der Waals surface area contributed by atoms with E-state index in [-0.39, 0.29) is 17.3 Å². The lowest BCUT2D eigenvalue weighted by molar-refractivity contribution is 0.359. The van der Waals surface area contributed by atoms with E-state index in [1.165, 1.54) is 41.5 Å². The van der Waals surface area contributed by atoms with Gasteiger partial charge in [0.15, 0.2) is 11.6 Å². The van der Waals surface area contributed by atoms with Crippen molar-refractivity contribution in [3.63, 3.8) is 0 Å². The highest BCUT2D eigenvalue weighted by atomic mass is 15.0. The van der Waals surface area contributed by atoms with Gasteiger partial charge >= 0.3 is 0 Å². The molecule has 9 aliphatic rings. The third-order valence-corrected chi connectivity index (χ3v) is 14.3. The molecule has 11 rings (SSSR count). The molecule has 2 aromatic rings. The summed E-state index contributed by atoms with van der Waals surface area (Å²) >= 11 is 0. The molecule has 1 aromatic carbocycles. The first kappa shape index (κ1) is 33.2. The SMILES string of the molecule is C1=CCC2CCC3=C(CCC4=C3CCC(c3nc(C5=CC6C(C=C5)C5C=CC=CC5C6(C5=CCCC=C5)c5ccccc5)nc(C5C=CC=CC5)n3)=C4)C2=C1. The Kier molecular flexibility index (Phi) is 8.18. The Labute approximate surface area is 326 Å². The summed E-state index contributed by atoms with van der Waals surface area (Å²) in [7, 11) is 0. The van der Waals surface area contributed by atoms with E-state index in [1.807, 2.05) is 0 Å².